The van der Waals surface area contributed by atoms with Crippen LogP contribution in [-0.4, -0.2) is 23.0 Å². The molecule has 0 unspecified atom stereocenters. The van der Waals surface area contributed by atoms with Gasteiger partial charge in [0, 0.05) is 16.0 Å². The summed E-state index contributed by atoms with van der Waals surface area (Å²) in [6.45, 7) is 3.80. The van der Waals surface area contributed by atoms with Gasteiger partial charge in [0.05, 0.1) is 24.9 Å². The molecule has 1 N–H and O–H groups in total. The van der Waals surface area contributed by atoms with Crippen molar-refractivity contribution in [2.75, 3.05) is 12.4 Å². The van der Waals surface area contributed by atoms with E-state index in [4.69, 9.17) is 9.15 Å². The van der Waals surface area contributed by atoms with Gasteiger partial charge in [-0.25, -0.2) is 9.97 Å². The van der Waals surface area contributed by atoms with Crippen LogP contribution in [0, 0.1) is 13.8 Å². The van der Waals surface area contributed by atoms with Crippen molar-refractivity contribution in [3.05, 3.63) is 70.9 Å². The minimum absolute atomic E-state index is 0.124. The molecule has 0 radical (unpaired) electrons. The van der Waals surface area contributed by atoms with Crippen molar-refractivity contribution in [2.24, 2.45) is 0 Å². The fraction of sp³-hybridized carbons (Fsp3) is 0.174. The second-order valence-electron chi connectivity index (χ2n) is 6.77. The van der Waals surface area contributed by atoms with Crippen LogP contribution in [0.4, 0.5) is 5.13 Å². The first kappa shape index (κ1) is 19.8. The summed E-state index contributed by atoms with van der Waals surface area (Å²) in [7, 11) is 1.64. The molecule has 6 nitrogen and oxygen atoms in total. The molecule has 4 rings (SSSR count). The maximum absolute atomic E-state index is 12.6. The summed E-state index contributed by atoms with van der Waals surface area (Å²) >= 11 is 1.45. The quantitative estimate of drug-likeness (QED) is 0.461. The fourth-order valence-corrected chi connectivity index (χ4v) is 3.93. The van der Waals surface area contributed by atoms with Gasteiger partial charge >= 0.3 is 0 Å². The molecule has 0 spiro atoms. The molecule has 0 aliphatic heterocycles. The predicted molar refractivity (Wildman–Crippen MR) is 118 cm³/mol. The number of aryl methyl sites for hydroxylation is 2. The zero-order valence-electron chi connectivity index (χ0n) is 16.9. The molecular weight excluding hydrogens is 398 g/mol. The first-order valence-electron chi connectivity index (χ1n) is 9.47. The Morgan fingerprint density at radius 3 is 2.47 bits per heavy atom. The third-order valence-electron chi connectivity index (χ3n) is 4.65. The zero-order valence-corrected chi connectivity index (χ0v) is 17.7. The monoisotopic (exact) mass is 419 g/mol. The van der Waals surface area contributed by atoms with E-state index in [2.05, 4.69) is 15.3 Å². The molecule has 2 aromatic carbocycles. The number of nitrogens with one attached hydrogen (secondary N) is 1. The van der Waals surface area contributed by atoms with E-state index in [9.17, 15) is 4.79 Å². The Morgan fingerprint density at radius 1 is 1.03 bits per heavy atom. The van der Waals surface area contributed by atoms with Crippen molar-refractivity contribution in [3.63, 3.8) is 0 Å². The molecule has 0 aliphatic carbocycles. The zero-order chi connectivity index (χ0) is 21.1. The van der Waals surface area contributed by atoms with E-state index in [1.54, 1.807) is 7.11 Å². The van der Waals surface area contributed by atoms with Crippen LogP contribution in [0.3, 0.4) is 0 Å². The van der Waals surface area contributed by atoms with E-state index in [0.717, 1.165) is 27.4 Å². The topological polar surface area (TPSA) is 77.2 Å². The summed E-state index contributed by atoms with van der Waals surface area (Å²) < 4.78 is 10.9. The van der Waals surface area contributed by atoms with E-state index >= 15 is 0 Å². The molecule has 0 atom stereocenters. The van der Waals surface area contributed by atoms with Crippen molar-refractivity contribution >= 4 is 22.4 Å². The molecule has 0 saturated carbocycles. The van der Waals surface area contributed by atoms with Gasteiger partial charge in [-0.05, 0) is 50.2 Å². The maximum Gasteiger partial charge on any atom is 0.232 e. The highest BCUT2D eigenvalue weighted by Gasteiger charge is 2.17. The summed E-state index contributed by atoms with van der Waals surface area (Å²) in [6.07, 6.45) is 0.124. The molecule has 2 heterocycles. The van der Waals surface area contributed by atoms with E-state index < -0.39 is 0 Å². The average molecular weight is 420 g/mol. The first-order chi connectivity index (χ1) is 14.5. The van der Waals surface area contributed by atoms with Gasteiger partial charge < -0.3 is 14.5 Å². The number of carbonyl (C=O) groups is 1. The van der Waals surface area contributed by atoms with Gasteiger partial charge in [0.15, 0.2) is 5.13 Å². The molecular formula is C23H21N3O3S. The molecule has 4 aromatic rings. The molecule has 0 aliphatic rings. The third-order valence-corrected chi connectivity index (χ3v) is 5.53. The Bertz CT molecular complexity index is 1160. The van der Waals surface area contributed by atoms with Gasteiger partial charge in [-0.15, -0.1) is 11.3 Å². The van der Waals surface area contributed by atoms with Crippen LogP contribution >= 0.6 is 11.3 Å². The number of rotatable bonds is 6. The van der Waals surface area contributed by atoms with Crippen molar-refractivity contribution in [3.8, 4) is 28.5 Å². The van der Waals surface area contributed by atoms with Crippen LogP contribution in [0.1, 0.15) is 16.3 Å². The molecule has 30 heavy (non-hydrogen) atoms. The van der Waals surface area contributed by atoms with Gasteiger partial charge in [0.2, 0.25) is 11.8 Å². The van der Waals surface area contributed by atoms with Crippen molar-refractivity contribution < 1.29 is 13.9 Å². The summed E-state index contributed by atoms with van der Waals surface area (Å²) in [5.41, 5.74) is 3.33. The largest absolute Gasteiger partial charge is 0.497 e. The van der Waals surface area contributed by atoms with Gasteiger partial charge in [0.25, 0.3) is 0 Å². The SMILES string of the molecule is COc1ccc(-c2nc(NC(=O)Cc3nc(-c4ccccc4)oc3C)sc2C)cc1. The molecule has 2 aromatic heterocycles. The minimum Gasteiger partial charge on any atom is -0.497 e. The van der Waals surface area contributed by atoms with Crippen LogP contribution < -0.4 is 10.1 Å². The van der Waals surface area contributed by atoms with Crippen LogP contribution in [0.25, 0.3) is 22.7 Å². The van der Waals surface area contributed by atoms with E-state index in [0.29, 0.717) is 22.5 Å². The number of benzene rings is 2. The highest BCUT2D eigenvalue weighted by atomic mass is 32.1. The van der Waals surface area contributed by atoms with Crippen molar-refractivity contribution in [1.29, 1.82) is 0 Å². The number of hydrogen-bond donors (Lipinski definition) is 1. The standard InChI is InChI=1S/C23H21N3O3S/c1-14-19(24-22(29-14)17-7-5-4-6-8-17)13-20(27)25-23-26-21(15(2)30-23)16-9-11-18(28-3)12-10-16/h4-12H,13H2,1-3H3,(H,25,26,27). The highest BCUT2D eigenvalue weighted by molar-refractivity contribution is 7.16. The Kier molecular flexibility index (Phi) is 5.63. The van der Waals surface area contributed by atoms with Crippen LogP contribution in [0.15, 0.2) is 59.0 Å². The predicted octanol–water partition coefficient (Wildman–Crippen LogP) is 5.27. The van der Waals surface area contributed by atoms with E-state index in [1.165, 1.54) is 11.3 Å². The summed E-state index contributed by atoms with van der Waals surface area (Å²) in [5.74, 6) is 1.76. The number of ether oxygens (including phenoxy) is 1. The lowest BCUT2D eigenvalue weighted by molar-refractivity contribution is -0.115. The third kappa shape index (κ3) is 4.26. The molecule has 0 saturated heterocycles. The second-order valence-corrected chi connectivity index (χ2v) is 7.97. The first-order valence-corrected chi connectivity index (χ1v) is 10.3. The van der Waals surface area contributed by atoms with Crippen molar-refractivity contribution in [1.82, 2.24) is 9.97 Å². The van der Waals surface area contributed by atoms with E-state index in [1.807, 2.05) is 68.4 Å². The Morgan fingerprint density at radius 2 is 1.77 bits per heavy atom. The lowest BCUT2D eigenvalue weighted by atomic mass is 10.1. The number of thiazole rings is 1. The number of carbonyl (C=O) groups excluding carboxylic acids is 1. The number of oxazole rings is 1. The number of methoxy groups -OCH3 is 1. The molecule has 1 amide bonds. The summed E-state index contributed by atoms with van der Waals surface area (Å²) in [4.78, 5) is 22.7. The lowest BCUT2D eigenvalue weighted by Crippen LogP contribution is -2.15. The Labute approximate surface area is 178 Å². The van der Waals surface area contributed by atoms with Crippen LogP contribution in [0.5, 0.6) is 5.75 Å². The minimum atomic E-state index is -0.180. The average Bonchev–Trinajstić information content (AvgIpc) is 3.30. The normalized spacial score (nSPS) is 10.8. The molecule has 0 fully saturated rings. The number of anilines is 1. The van der Waals surface area contributed by atoms with Gasteiger partial charge in [0.1, 0.15) is 11.5 Å². The summed E-state index contributed by atoms with van der Waals surface area (Å²) in [5, 5.41) is 3.45. The highest BCUT2D eigenvalue weighted by Crippen LogP contribution is 2.31. The Hall–Kier alpha value is -3.45. The smallest absolute Gasteiger partial charge is 0.232 e. The molecule has 7 heteroatoms. The number of hydrogen-bond acceptors (Lipinski definition) is 6. The number of amides is 1. The lowest BCUT2D eigenvalue weighted by Gasteiger charge is -2.02. The second kappa shape index (κ2) is 8.51. The van der Waals surface area contributed by atoms with Gasteiger partial charge in [-0.1, -0.05) is 18.2 Å². The molecule has 0 bridgehead atoms. The van der Waals surface area contributed by atoms with E-state index in [-0.39, 0.29) is 12.3 Å². The van der Waals surface area contributed by atoms with Crippen LogP contribution in [-0.2, 0) is 11.2 Å². The maximum atomic E-state index is 12.6. The number of nitrogens with zero attached hydrogens (tertiary/aromatic N) is 2. The fourth-order valence-electron chi connectivity index (χ4n) is 3.08. The van der Waals surface area contributed by atoms with Crippen LogP contribution in [0.2, 0.25) is 0 Å². The van der Waals surface area contributed by atoms with Gasteiger partial charge in [-0.2, -0.15) is 0 Å². The number of aromatic nitrogens is 2. The van der Waals surface area contributed by atoms with Crippen molar-refractivity contribution in [2.45, 2.75) is 20.3 Å². The summed E-state index contributed by atoms with van der Waals surface area (Å²) in [6, 6.07) is 17.3. The van der Waals surface area contributed by atoms with Gasteiger partial charge in [-0.3, -0.25) is 4.79 Å². The molecule has 152 valence electrons. The Balaban J connectivity index is 1.46.